The molecule has 140 valence electrons. The van der Waals surface area contributed by atoms with Crippen molar-refractivity contribution in [1.29, 1.82) is 0 Å². The van der Waals surface area contributed by atoms with Crippen molar-refractivity contribution < 1.29 is 24.2 Å². The summed E-state index contributed by atoms with van der Waals surface area (Å²) in [5.41, 5.74) is 1.41. The minimum atomic E-state index is -0.991. The van der Waals surface area contributed by atoms with Crippen molar-refractivity contribution in [3.63, 3.8) is 0 Å². The van der Waals surface area contributed by atoms with Crippen LogP contribution in [0.1, 0.15) is 45.7 Å². The first-order valence-corrected chi connectivity index (χ1v) is 8.62. The summed E-state index contributed by atoms with van der Waals surface area (Å²) in [4.78, 5) is 38.1. The number of imide groups is 1. The number of methoxy groups -OCH3 is 1. The van der Waals surface area contributed by atoms with Crippen molar-refractivity contribution in [1.82, 2.24) is 4.90 Å². The van der Waals surface area contributed by atoms with E-state index >= 15 is 0 Å². The summed E-state index contributed by atoms with van der Waals surface area (Å²) in [6, 6.07) is 11.6. The van der Waals surface area contributed by atoms with E-state index in [9.17, 15) is 14.4 Å². The Kier molecular flexibility index (Phi) is 4.74. The summed E-state index contributed by atoms with van der Waals surface area (Å²) in [5, 5.41) is 8.96. The van der Waals surface area contributed by atoms with Crippen LogP contribution in [0, 0.1) is 0 Å². The largest absolute Gasteiger partial charge is 0.497 e. The van der Waals surface area contributed by atoms with Crippen molar-refractivity contribution in [2.24, 2.45) is 0 Å². The van der Waals surface area contributed by atoms with E-state index in [1.165, 1.54) is 24.1 Å². The van der Waals surface area contributed by atoms with Gasteiger partial charge < -0.3 is 9.84 Å². The minimum Gasteiger partial charge on any atom is -0.497 e. The Labute approximate surface area is 157 Å². The molecule has 0 aromatic heterocycles. The summed E-state index contributed by atoms with van der Waals surface area (Å²) in [5.74, 6) is -1.01. The summed E-state index contributed by atoms with van der Waals surface area (Å²) in [6.45, 7) is 3.84. The molecular formula is C21H21NO5. The van der Waals surface area contributed by atoms with Gasteiger partial charge in [-0.25, -0.2) is 4.79 Å². The normalized spacial score (nSPS) is 15.4. The Balaban J connectivity index is 1.86. The molecule has 1 aliphatic rings. The minimum absolute atomic E-state index is 0.200. The Morgan fingerprint density at radius 3 is 2.37 bits per heavy atom. The number of benzene rings is 2. The number of carboxylic acids is 1. The molecule has 27 heavy (non-hydrogen) atoms. The lowest BCUT2D eigenvalue weighted by Crippen LogP contribution is -2.52. The average molecular weight is 367 g/mol. The maximum atomic E-state index is 12.9. The van der Waals surface area contributed by atoms with Gasteiger partial charge in [0.25, 0.3) is 5.91 Å². The van der Waals surface area contributed by atoms with Crippen molar-refractivity contribution >= 4 is 17.8 Å². The quantitative estimate of drug-likeness (QED) is 0.822. The Morgan fingerprint density at radius 1 is 1.11 bits per heavy atom. The van der Waals surface area contributed by atoms with Gasteiger partial charge in [-0.15, -0.1) is 0 Å². The highest BCUT2D eigenvalue weighted by molar-refractivity contribution is 6.13. The zero-order valence-electron chi connectivity index (χ0n) is 15.5. The number of ether oxygens (including phenoxy) is 1. The van der Waals surface area contributed by atoms with Gasteiger partial charge in [-0.1, -0.05) is 18.2 Å². The summed E-state index contributed by atoms with van der Waals surface area (Å²) in [7, 11) is 1.53. The second kappa shape index (κ2) is 6.87. The molecule has 2 aromatic rings. The molecule has 2 amide bonds. The number of hydrogen-bond acceptors (Lipinski definition) is 4. The molecule has 6 nitrogen and oxygen atoms in total. The first kappa shape index (κ1) is 18.6. The van der Waals surface area contributed by atoms with Crippen LogP contribution in [0.2, 0.25) is 0 Å². The highest BCUT2D eigenvalue weighted by atomic mass is 16.5. The van der Waals surface area contributed by atoms with Crippen LogP contribution in [-0.2, 0) is 16.6 Å². The smallest absolute Gasteiger partial charge is 0.335 e. The maximum Gasteiger partial charge on any atom is 0.335 e. The fraction of sp³-hybridized carbons (Fsp3) is 0.286. The number of rotatable bonds is 5. The number of carbonyl (C=O) groups is 3. The third-order valence-electron chi connectivity index (χ3n) is 4.98. The van der Waals surface area contributed by atoms with E-state index in [1.807, 2.05) is 13.8 Å². The van der Waals surface area contributed by atoms with Crippen LogP contribution in [0.3, 0.4) is 0 Å². The van der Waals surface area contributed by atoms with Crippen LogP contribution in [-0.4, -0.2) is 41.4 Å². The van der Waals surface area contributed by atoms with Gasteiger partial charge in [0.15, 0.2) is 0 Å². The lowest BCUT2D eigenvalue weighted by molar-refractivity contribution is -0.134. The van der Waals surface area contributed by atoms with Crippen LogP contribution in [0.5, 0.6) is 5.75 Å². The van der Waals surface area contributed by atoms with Crippen LogP contribution in [0.4, 0.5) is 0 Å². The van der Waals surface area contributed by atoms with Gasteiger partial charge >= 0.3 is 5.97 Å². The second-order valence-corrected chi connectivity index (χ2v) is 7.05. The first-order valence-electron chi connectivity index (χ1n) is 8.62. The molecule has 2 aromatic carbocycles. The molecule has 1 heterocycles. The fourth-order valence-corrected chi connectivity index (χ4v) is 3.32. The fourth-order valence-electron chi connectivity index (χ4n) is 3.32. The third kappa shape index (κ3) is 3.30. The molecule has 0 saturated carbocycles. The van der Waals surface area contributed by atoms with Gasteiger partial charge in [0.1, 0.15) is 5.75 Å². The van der Waals surface area contributed by atoms with Crippen LogP contribution in [0.15, 0.2) is 42.5 Å². The van der Waals surface area contributed by atoms with E-state index in [4.69, 9.17) is 9.84 Å². The molecule has 3 rings (SSSR count). The SMILES string of the molecule is COc1ccc2c(c1)C(=O)N(CCc1ccc(C(=O)O)cc1)C(=O)C2(C)C. The Bertz CT molecular complexity index is 915. The van der Waals surface area contributed by atoms with Crippen molar-refractivity contribution in [3.05, 3.63) is 64.7 Å². The molecule has 6 heteroatoms. The number of hydrogen-bond donors (Lipinski definition) is 1. The molecule has 0 unspecified atom stereocenters. The van der Waals surface area contributed by atoms with E-state index in [2.05, 4.69) is 0 Å². The number of fused-ring (bicyclic) bond motifs is 1. The topological polar surface area (TPSA) is 83.9 Å². The lowest BCUT2D eigenvalue weighted by Gasteiger charge is -2.37. The summed E-state index contributed by atoms with van der Waals surface area (Å²) >= 11 is 0. The number of amides is 2. The van der Waals surface area contributed by atoms with Crippen molar-refractivity contribution in [2.45, 2.75) is 25.7 Å². The van der Waals surface area contributed by atoms with E-state index in [1.54, 1.807) is 30.3 Å². The monoisotopic (exact) mass is 367 g/mol. The summed E-state index contributed by atoms with van der Waals surface area (Å²) < 4.78 is 5.22. The molecule has 0 saturated heterocycles. The van der Waals surface area contributed by atoms with Gasteiger partial charge in [0.05, 0.1) is 18.1 Å². The molecule has 1 aliphatic heterocycles. The second-order valence-electron chi connectivity index (χ2n) is 7.05. The zero-order valence-corrected chi connectivity index (χ0v) is 15.5. The number of carbonyl (C=O) groups excluding carboxylic acids is 2. The zero-order chi connectivity index (χ0) is 19.8. The predicted octanol–water partition coefficient (Wildman–Crippen LogP) is 2.90. The standard InChI is InChI=1S/C21H21NO5/c1-21(2)17-9-8-15(27-3)12-16(17)18(23)22(20(21)26)11-10-13-4-6-14(7-5-13)19(24)25/h4-9,12H,10-11H2,1-3H3,(H,24,25). The molecule has 0 radical (unpaired) electrons. The van der Waals surface area contributed by atoms with Gasteiger partial charge in [-0.2, -0.15) is 0 Å². The van der Waals surface area contributed by atoms with E-state index < -0.39 is 11.4 Å². The van der Waals surface area contributed by atoms with Gasteiger partial charge in [-0.3, -0.25) is 14.5 Å². The predicted molar refractivity (Wildman–Crippen MR) is 99.2 cm³/mol. The lowest BCUT2D eigenvalue weighted by atomic mass is 9.77. The Hall–Kier alpha value is -3.15. The number of carboxylic acid groups (broad SMARTS) is 1. The van der Waals surface area contributed by atoms with Gasteiger partial charge in [0, 0.05) is 12.1 Å². The van der Waals surface area contributed by atoms with Crippen molar-refractivity contribution in [3.8, 4) is 5.75 Å². The van der Waals surface area contributed by atoms with Crippen LogP contribution < -0.4 is 4.74 Å². The number of aromatic carboxylic acids is 1. The highest BCUT2D eigenvalue weighted by Crippen LogP contribution is 2.36. The molecule has 0 atom stereocenters. The van der Waals surface area contributed by atoms with Gasteiger partial charge in [0.2, 0.25) is 5.91 Å². The van der Waals surface area contributed by atoms with E-state index in [0.29, 0.717) is 23.3 Å². The van der Waals surface area contributed by atoms with E-state index in [0.717, 1.165) is 5.56 Å². The molecular weight excluding hydrogens is 346 g/mol. The molecule has 0 spiro atoms. The molecule has 0 fully saturated rings. The van der Waals surface area contributed by atoms with Crippen LogP contribution >= 0.6 is 0 Å². The van der Waals surface area contributed by atoms with Gasteiger partial charge in [-0.05, 0) is 55.7 Å². The Morgan fingerprint density at radius 2 is 1.78 bits per heavy atom. The first-order chi connectivity index (χ1) is 12.8. The average Bonchev–Trinajstić information content (AvgIpc) is 2.66. The van der Waals surface area contributed by atoms with Crippen LogP contribution in [0.25, 0.3) is 0 Å². The molecule has 0 aliphatic carbocycles. The third-order valence-corrected chi connectivity index (χ3v) is 4.98. The van der Waals surface area contributed by atoms with Crippen molar-refractivity contribution in [2.75, 3.05) is 13.7 Å². The molecule has 1 N–H and O–H groups in total. The number of nitrogens with zero attached hydrogens (tertiary/aromatic N) is 1. The maximum absolute atomic E-state index is 12.9. The molecule has 0 bridgehead atoms. The highest BCUT2D eigenvalue weighted by Gasteiger charge is 2.44. The van der Waals surface area contributed by atoms with E-state index in [-0.39, 0.29) is 23.9 Å². The summed E-state index contributed by atoms with van der Waals surface area (Å²) in [6.07, 6.45) is 0.451.